The standard InChI is InChI=1S/C11H18O2/c1-6-8-9(7-2)10(12)13-11(3,4)5/h6-8H,1-5H3/b8-6-,9-7+. The highest BCUT2D eigenvalue weighted by Gasteiger charge is 2.17. The molecule has 0 rings (SSSR count). The molecule has 0 aliphatic heterocycles. The molecule has 0 unspecified atom stereocenters. The van der Waals surface area contributed by atoms with E-state index in [1.165, 1.54) is 0 Å². The lowest BCUT2D eigenvalue weighted by molar-refractivity contribution is -0.149. The molecular weight excluding hydrogens is 164 g/mol. The lowest BCUT2D eigenvalue weighted by atomic mass is 10.2. The van der Waals surface area contributed by atoms with Crippen molar-refractivity contribution in [1.29, 1.82) is 0 Å². The number of rotatable bonds is 2. The van der Waals surface area contributed by atoms with E-state index in [0.29, 0.717) is 5.57 Å². The van der Waals surface area contributed by atoms with Crippen molar-refractivity contribution < 1.29 is 9.53 Å². The Morgan fingerprint density at radius 2 is 1.77 bits per heavy atom. The average molecular weight is 182 g/mol. The maximum atomic E-state index is 11.4. The number of carbonyl (C=O) groups is 1. The summed E-state index contributed by atoms with van der Waals surface area (Å²) < 4.78 is 5.18. The Hall–Kier alpha value is -1.05. The van der Waals surface area contributed by atoms with E-state index in [9.17, 15) is 4.79 Å². The van der Waals surface area contributed by atoms with Gasteiger partial charge in [-0.2, -0.15) is 0 Å². The third kappa shape index (κ3) is 5.23. The molecule has 0 heterocycles. The Balaban J connectivity index is 4.42. The van der Waals surface area contributed by atoms with Gasteiger partial charge in [0, 0.05) is 0 Å². The molecule has 0 aliphatic rings. The van der Waals surface area contributed by atoms with Gasteiger partial charge in [-0.15, -0.1) is 0 Å². The van der Waals surface area contributed by atoms with Crippen LogP contribution < -0.4 is 0 Å². The molecule has 0 aromatic rings. The number of allylic oxidation sites excluding steroid dienone is 2. The molecule has 0 fully saturated rings. The van der Waals surface area contributed by atoms with Crippen LogP contribution in [0.2, 0.25) is 0 Å². The van der Waals surface area contributed by atoms with Gasteiger partial charge in [-0.3, -0.25) is 0 Å². The lowest BCUT2D eigenvalue weighted by Gasteiger charge is -2.19. The third-order valence-corrected chi connectivity index (χ3v) is 1.29. The highest BCUT2D eigenvalue weighted by atomic mass is 16.6. The second-order valence-electron chi connectivity index (χ2n) is 3.75. The zero-order chi connectivity index (χ0) is 10.5. The molecule has 74 valence electrons. The largest absolute Gasteiger partial charge is 0.456 e. The van der Waals surface area contributed by atoms with Gasteiger partial charge in [-0.1, -0.05) is 18.2 Å². The first-order chi connectivity index (χ1) is 5.90. The summed E-state index contributed by atoms with van der Waals surface area (Å²) in [5, 5.41) is 0. The molecule has 2 nitrogen and oxygen atoms in total. The lowest BCUT2D eigenvalue weighted by Crippen LogP contribution is -2.24. The fourth-order valence-corrected chi connectivity index (χ4v) is 0.799. The van der Waals surface area contributed by atoms with Crippen molar-refractivity contribution in [2.75, 3.05) is 0 Å². The van der Waals surface area contributed by atoms with E-state index in [-0.39, 0.29) is 5.97 Å². The predicted octanol–water partition coefficient (Wildman–Crippen LogP) is 2.85. The highest BCUT2D eigenvalue weighted by molar-refractivity contribution is 5.91. The van der Waals surface area contributed by atoms with Crippen LogP contribution in [0.5, 0.6) is 0 Å². The van der Waals surface area contributed by atoms with E-state index in [1.807, 2.05) is 40.7 Å². The van der Waals surface area contributed by atoms with Crippen molar-refractivity contribution in [2.45, 2.75) is 40.2 Å². The van der Waals surface area contributed by atoms with Gasteiger partial charge in [-0.25, -0.2) is 4.79 Å². The van der Waals surface area contributed by atoms with Gasteiger partial charge in [0.2, 0.25) is 0 Å². The maximum absolute atomic E-state index is 11.4. The number of esters is 1. The zero-order valence-electron chi connectivity index (χ0n) is 9.05. The van der Waals surface area contributed by atoms with Crippen molar-refractivity contribution in [3.8, 4) is 0 Å². The molecule has 0 N–H and O–H groups in total. The van der Waals surface area contributed by atoms with Crippen LogP contribution in [0.3, 0.4) is 0 Å². The van der Waals surface area contributed by atoms with Crippen molar-refractivity contribution in [3.05, 3.63) is 23.8 Å². The molecule has 0 saturated heterocycles. The SMILES string of the molecule is C/C=C\C(=C/C)C(=O)OC(C)(C)C. The summed E-state index contributed by atoms with van der Waals surface area (Å²) >= 11 is 0. The van der Waals surface area contributed by atoms with E-state index in [4.69, 9.17) is 4.74 Å². The molecule has 13 heavy (non-hydrogen) atoms. The molecule has 0 radical (unpaired) electrons. The molecular formula is C11H18O2. The van der Waals surface area contributed by atoms with Gasteiger partial charge >= 0.3 is 5.97 Å². The minimum absolute atomic E-state index is 0.270. The summed E-state index contributed by atoms with van der Waals surface area (Å²) in [5.74, 6) is -0.270. The maximum Gasteiger partial charge on any atom is 0.338 e. The van der Waals surface area contributed by atoms with Crippen LogP contribution in [-0.2, 0) is 9.53 Å². The van der Waals surface area contributed by atoms with Gasteiger partial charge < -0.3 is 4.74 Å². The molecule has 0 atom stereocenters. The van der Waals surface area contributed by atoms with E-state index in [1.54, 1.807) is 12.2 Å². The van der Waals surface area contributed by atoms with Crippen molar-refractivity contribution in [3.63, 3.8) is 0 Å². The highest BCUT2D eigenvalue weighted by Crippen LogP contribution is 2.11. The fourth-order valence-electron chi connectivity index (χ4n) is 0.799. The average Bonchev–Trinajstić information content (AvgIpc) is 1.96. The number of hydrogen-bond donors (Lipinski definition) is 0. The number of carbonyl (C=O) groups excluding carboxylic acids is 1. The topological polar surface area (TPSA) is 26.3 Å². The first-order valence-corrected chi connectivity index (χ1v) is 4.43. The quantitative estimate of drug-likeness (QED) is 0.373. The molecule has 2 heteroatoms. The fraction of sp³-hybridized carbons (Fsp3) is 0.545. The summed E-state index contributed by atoms with van der Waals surface area (Å²) in [6.45, 7) is 9.25. The Kier molecular flexibility index (Phi) is 4.46. The molecule has 0 aliphatic carbocycles. The first-order valence-electron chi connectivity index (χ1n) is 4.43. The Labute approximate surface area is 80.3 Å². The minimum atomic E-state index is -0.424. The molecule has 0 bridgehead atoms. The van der Waals surface area contributed by atoms with Crippen LogP contribution in [0.25, 0.3) is 0 Å². The third-order valence-electron chi connectivity index (χ3n) is 1.29. The van der Waals surface area contributed by atoms with E-state index < -0.39 is 5.60 Å². The van der Waals surface area contributed by atoms with E-state index >= 15 is 0 Å². The Morgan fingerprint density at radius 3 is 2.08 bits per heavy atom. The zero-order valence-corrected chi connectivity index (χ0v) is 9.05. The Morgan fingerprint density at radius 1 is 1.23 bits per heavy atom. The Bertz CT molecular complexity index is 229. The summed E-state index contributed by atoms with van der Waals surface area (Å²) in [6, 6.07) is 0. The minimum Gasteiger partial charge on any atom is -0.456 e. The van der Waals surface area contributed by atoms with Crippen LogP contribution in [0.4, 0.5) is 0 Å². The second-order valence-corrected chi connectivity index (χ2v) is 3.75. The molecule has 0 amide bonds. The molecule has 0 saturated carbocycles. The molecule has 0 aromatic heterocycles. The summed E-state index contributed by atoms with van der Waals surface area (Å²) in [7, 11) is 0. The van der Waals surface area contributed by atoms with Crippen LogP contribution in [-0.4, -0.2) is 11.6 Å². The molecule has 0 aromatic carbocycles. The summed E-state index contributed by atoms with van der Waals surface area (Å²) in [6.07, 6.45) is 5.31. The van der Waals surface area contributed by atoms with Gasteiger partial charge in [0.15, 0.2) is 0 Å². The van der Waals surface area contributed by atoms with Crippen LogP contribution in [0.1, 0.15) is 34.6 Å². The van der Waals surface area contributed by atoms with Gasteiger partial charge in [-0.05, 0) is 34.6 Å². The normalized spacial score (nSPS) is 13.5. The van der Waals surface area contributed by atoms with Gasteiger partial charge in [0.05, 0.1) is 5.57 Å². The molecule has 0 spiro atoms. The van der Waals surface area contributed by atoms with Gasteiger partial charge in [0.1, 0.15) is 5.60 Å². The number of ether oxygens (including phenoxy) is 1. The van der Waals surface area contributed by atoms with Crippen LogP contribution in [0, 0.1) is 0 Å². The van der Waals surface area contributed by atoms with Crippen LogP contribution in [0.15, 0.2) is 23.8 Å². The van der Waals surface area contributed by atoms with E-state index in [0.717, 1.165) is 0 Å². The number of hydrogen-bond acceptors (Lipinski definition) is 2. The second kappa shape index (κ2) is 4.85. The van der Waals surface area contributed by atoms with Gasteiger partial charge in [0.25, 0.3) is 0 Å². The van der Waals surface area contributed by atoms with Crippen molar-refractivity contribution in [1.82, 2.24) is 0 Å². The summed E-state index contributed by atoms with van der Waals surface area (Å²) in [5.41, 5.74) is 0.171. The summed E-state index contributed by atoms with van der Waals surface area (Å²) in [4.78, 5) is 11.4. The first kappa shape index (κ1) is 11.9. The monoisotopic (exact) mass is 182 g/mol. The van der Waals surface area contributed by atoms with E-state index in [2.05, 4.69) is 0 Å². The smallest absolute Gasteiger partial charge is 0.338 e. The predicted molar refractivity (Wildman–Crippen MR) is 54.4 cm³/mol. The van der Waals surface area contributed by atoms with Crippen LogP contribution >= 0.6 is 0 Å². The van der Waals surface area contributed by atoms with Crippen molar-refractivity contribution in [2.24, 2.45) is 0 Å². The van der Waals surface area contributed by atoms with Crippen molar-refractivity contribution >= 4 is 5.97 Å².